The number of hydrogen-bond acceptors (Lipinski definition) is 5. The minimum atomic E-state index is -0.368. The normalized spacial score (nSPS) is 16.9. The molecule has 1 N–H and O–H groups in total. The van der Waals surface area contributed by atoms with Gasteiger partial charge in [0.05, 0.1) is 36.1 Å². The molecule has 2 aromatic carbocycles. The molecule has 2 atom stereocenters. The molecule has 0 unspecified atom stereocenters. The molecule has 5 rings (SSSR count). The number of carbonyl (C=O) groups excluding carboxylic acids is 1. The average Bonchev–Trinajstić information content (AvgIpc) is 3.43. The Morgan fingerprint density at radius 2 is 1.74 bits per heavy atom. The molecule has 0 spiro atoms. The van der Waals surface area contributed by atoms with Crippen molar-refractivity contribution in [3.05, 3.63) is 107 Å². The monoisotopic (exact) mass is 525 g/mol. The lowest BCUT2D eigenvalue weighted by Gasteiger charge is -2.28. The molecule has 0 amide bonds. The van der Waals surface area contributed by atoms with Crippen LogP contribution in [0.3, 0.4) is 0 Å². The first-order chi connectivity index (χ1) is 18.3. The van der Waals surface area contributed by atoms with Gasteiger partial charge in [-0.25, -0.2) is 4.79 Å². The number of thiocarbonyl (C=S) groups is 1. The van der Waals surface area contributed by atoms with Gasteiger partial charge in [-0.2, -0.15) is 0 Å². The summed E-state index contributed by atoms with van der Waals surface area (Å²) in [6.07, 6.45) is 1.81. The van der Waals surface area contributed by atoms with E-state index in [-0.39, 0.29) is 18.1 Å². The molecular formula is C30H31N5O2S. The summed E-state index contributed by atoms with van der Waals surface area (Å²) in [5.74, 6) is -0.368. The second-order valence-electron chi connectivity index (χ2n) is 9.58. The minimum Gasteiger partial charge on any atom is -0.465 e. The molecule has 2 aromatic heterocycles. The van der Waals surface area contributed by atoms with Crippen LogP contribution in [0.25, 0.3) is 5.69 Å². The molecular weight excluding hydrogens is 494 g/mol. The molecule has 0 aliphatic carbocycles. The van der Waals surface area contributed by atoms with Gasteiger partial charge < -0.3 is 24.4 Å². The number of ether oxygens (including phenoxy) is 1. The molecule has 1 aliphatic rings. The number of carbonyl (C=O) groups is 1. The summed E-state index contributed by atoms with van der Waals surface area (Å²) in [4.78, 5) is 21.5. The smallest absolute Gasteiger partial charge is 0.339 e. The first-order valence-corrected chi connectivity index (χ1v) is 12.9. The standard InChI is InChI=1S/C30H31N5O2S/c1-19-18-24(20(2)34(19)26-12-7-6-10-23(26)29(36)37-5)28-27(25-11-8-9-17-31-25)32-30(38)35(28)22-15-13-21(14-16-22)33(3)4/h6-18,27-28H,1-5H3,(H,32,38)/t27-,28+/m1/s1. The number of hydrogen-bond donors (Lipinski definition) is 1. The second kappa shape index (κ2) is 10.3. The van der Waals surface area contributed by atoms with E-state index in [0.717, 1.165) is 39.7 Å². The molecule has 0 bridgehead atoms. The van der Waals surface area contributed by atoms with Crippen molar-refractivity contribution in [3.8, 4) is 5.69 Å². The van der Waals surface area contributed by atoms with Crippen molar-refractivity contribution < 1.29 is 9.53 Å². The zero-order chi connectivity index (χ0) is 27.0. The van der Waals surface area contributed by atoms with Crippen LogP contribution in [-0.2, 0) is 4.74 Å². The van der Waals surface area contributed by atoms with Gasteiger partial charge in [0, 0.05) is 43.1 Å². The van der Waals surface area contributed by atoms with Gasteiger partial charge in [0.1, 0.15) is 0 Å². The average molecular weight is 526 g/mol. The quantitative estimate of drug-likeness (QED) is 0.263. The Hall–Kier alpha value is -4.17. The summed E-state index contributed by atoms with van der Waals surface area (Å²) in [7, 11) is 5.46. The Morgan fingerprint density at radius 3 is 2.39 bits per heavy atom. The van der Waals surface area contributed by atoms with E-state index in [1.807, 2.05) is 56.7 Å². The van der Waals surface area contributed by atoms with Crippen LogP contribution in [-0.4, -0.2) is 41.8 Å². The van der Waals surface area contributed by atoms with Crippen molar-refractivity contribution in [3.63, 3.8) is 0 Å². The number of pyridine rings is 1. The zero-order valence-corrected chi connectivity index (χ0v) is 23.0. The predicted molar refractivity (Wildman–Crippen MR) is 155 cm³/mol. The lowest BCUT2D eigenvalue weighted by Crippen LogP contribution is -2.29. The number of aryl methyl sites for hydroxylation is 1. The van der Waals surface area contributed by atoms with Crippen LogP contribution in [0.15, 0.2) is 79.0 Å². The third kappa shape index (κ3) is 4.41. The van der Waals surface area contributed by atoms with Gasteiger partial charge in [-0.15, -0.1) is 0 Å². The number of nitrogens with one attached hydrogen (secondary N) is 1. The third-order valence-electron chi connectivity index (χ3n) is 7.08. The van der Waals surface area contributed by atoms with Gasteiger partial charge in [-0.1, -0.05) is 18.2 Å². The van der Waals surface area contributed by atoms with Gasteiger partial charge >= 0.3 is 5.97 Å². The number of anilines is 2. The molecule has 8 heteroatoms. The summed E-state index contributed by atoms with van der Waals surface area (Å²) in [5.41, 5.74) is 7.44. The molecule has 0 radical (unpaired) electrons. The lowest BCUT2D eigenvalue weighted by molar-refractivity contribution is 0.0600. The fourth-order valence-electron chi connectivity index (χ4n) is 5.27. The first-order valence-electron chi connectivity index (χ1n) is 12.5. The van der Waals surface area contributed by atoms with Crippen molar-refractivity contribution in [2.24, 2.45) is 0 Å². The lowest BCUT2D eigenvalue weighted by atomic mass is 9.96. The van der Waals surface area contributed by atoms with Gasteiger partial charge in [0.25, 0.3) is 0 Å². The fraction of sp³-hybridized carbons (Fsp3) is 0.233. The Bertz CT molecular complexity index is 1480. The predicted octanol–water partition coefficient (Wildman–Crippen LogP) is 5.52. The van der Waals surface area contributed by atoms with E-state index in [1.165, 1.54) is 7.11 Å². The van der Waals surface area contributed by atoms with E-state index in [0.29, 0.717) is 10.7 Å². The molecule has 7 nitrogen and oxygen atoms in total. The maximum absolute atomic E-state index is 12.6. The maximum atomic E-state index is 12.6. The summed E-state index contributed by atoms with van der Waals surface area (Å²) >= 11 is 5.92. The zero-order valence-electron chi connectivity index (χ0n) is 22.2. The van der Waals surface area contributed by atoms with Crippen molar-refractivity contribution in [1.82, 2.24) is 14.9 Å². The van der Waals surface area contributed by atoms with Crippen molar-refractivity contribution in [2.75, 3.05) is 31.0 Å². The van der Waals surface area contributed by atoms with Crippen molar-refractivity contribution in [2.45, 2.75) is 25.9 Å². The highest BCUT2D eigenvalue weighted by Gasteiger charge is 2.42. The number of nitrogens with zero attached hydrogens (tertiary/aromatic N) is 4. The van der Waals surface area contributed by atoms with Crippen molar-refractivity contribution in [1.29, 1.82) is 0 Å². The Balaban J connectivity index is 1.68. The topological polar surface area (TPSA) is 62.6 Å². The molecule has 4 aromatic rings. The first kappa shape index (κ1) is 25.5. The maximum Gasteiger partial charge on any atom is 0.339 e. The Labute approximate surface area is 228 Å². The summed E-state index contributed by atoms with van der Waals surface area (Å²) in [6, 6.07) is 23.7. The number of methoxy groups -OCH3 is 1. The number of esters is 1. The van der Waals surface area contributed by atoms with E-state index < -0.39 is 0 Å². The van der Waals surface area contributed by atoms with E-state index in [4.69, 9.17) is 17.0 Å². The molecule has 38 heavy (non-hydrogen) atoms. The van der Waals surface area contributed by atoms with Gasteiger partial charge in [-0.3, -0.25) is 4.98 Å². The minimum absolute atomic E-state index is 0.159. The molecule has 1 saturated heterocycles. The SMILES string of the molecule is COC(=O)c1ccccc1-n1c(C)cc([C@H]2[C@@H](c3ccccn3)NC(=S)N2c2ccc(N(C)C)cc2)c1C. The molecule has 194 valence electrons. The fourth-order valence-corrected chi connectivity index (χ4v) is 5.62. The Morgan fingerprint density at radius 1 is 1.03 bits per heavy atom. The number of para-hydroxylation sites is 1. The van der Waals surface area contributed by atoms with Crippen LogP contribution in [0.2, 0.25) is 0 Å². The van der Waals surface area contributed by atoms with Crippen LogP contribution in [0.4, 0.5) is 11.4 Å². The molecule has 1 fully saturated rings. The summed E-state index contributed by atoms with van der Waals surface area (Å²) in [5, 5.41) is 4.18. The Kier molecular flexibility index (Phi) is 6.91. The molecule has 3 heterocycles. The highest BCUT2D eigenvalue weighted by Crippen LogP contribution is 2.44. The summed E-state index contributed by atoms with van der Waals surface area (Å²) in [6.45, 7) is 4.14. The number of rotatable bonds is 6. The van der Waals surface area contributed by atoms with E-state index in [9.17, 15) is 4.79 Å². The highest BCUT2D eigenvalue weighted by molar-refractivity contribution is 7.80. The van der Waals surface area contributed by atoms with Crippen LogP contribution < -0.4 is 15.1 Å². The number of aromatic nitrogens is 2. The van der Waals surface area contributed by atoms with E-state index in [2.05, 4.69) is 68.8 Å². The van der Waals surface area contributed by atoms with Crippen LogP contribution in [0, 0.1) is 13.8 Å². The second-order valence-corrected chi connectivity index (χ2v) is 9.96. The van der Waals surface area contributed by atoms with Crippen LogP contribution in [0.5, 0.6) is 0 Å². The van der Waals surface area contributed by atoms with Crippen LogP contribution in [0.1, 0.15) is 45.1 Å². The van der Waals surface area contributed by atoms with Crippen LogP contribution >= 0.6 is 12.2 Å². The third-order valence-corrected chi connectivity index (χ3v) is 7.40. The van der Waals surface area contributed by atoms with Gasteiger partial charge in [0.15, 0.2) is 5.11 Å². The van der Waals surface area contributed by atoms with Gasteiger partial charge in [0.2, 0.25) is 0 Å². The highest BCUT2D eigenvalue weighted by atomic mass is 32.1. The molecule has 0 saturated carbocycles. The van der Waals surface area contributed by atoms with Gasteiger partial charge in [-0.05, 0) is 86.2 Å². The largest absolute Gasteiger partial charge is 0.465 e. The molecule has 1 aliphatic heterocycles. The number of benzene rings is 2. The van der Waals surface area contributed by atoms with Crippen molar-refractivity contribution >= 4 is 34.7 Å². The summed E-state index contributed by atoms with van der Waals surface area (Å²) < 4.78 is 7.19. The van der Waals surface area contributed by atoms with E-state index >= 15 is 0 Å². The van der Waals surface area contributed by atoms with E-state index in [1.54, 1.807) is 6.07 Å².